The van der Waals surface area contributed by atoms with Crippen molar-refractivity contribution in [1.29, 1.82) is 0 Å². The van der Waals surface area contributed by atoms with E-state index in [-0.39, 0.29) is 11.3 Å². The smallest absolute Gasteiger partial charge is 0.337 e. The maximum atomic E-state index is 10.9. The highest BCUT2D eigenvalue weighted by atomic mass is 32.2. The molecule has 0 radical (unpaired) electrons. The number of aromatic carboxylic acids is 1. The minimum Gasteiger partial charge on any atom is -0.478 e. The van der Waals surface area contributed by atoms with Gasteiger partial charge in [0.1, 0.15) is 11.3 Å². The van der Waals surface area contributed by atoms with Crippen LogP contribution in [0.25, 0.3) is 0 Å². The van der Waals surface area contributed by atoms with E-state index in [9.17, 15) is 4.79 Å². The van der Waals surface area contributed by atoms with E-state index in [4.69, 9.17) is 15.3 Å². The van der Waals surface area contributed by atoms with Gasteiger partial charge in [-0.25, -0.2) is 14.8 Å². The van der Waals surface area contributed by atoms with Crippen molar-refractivity contribution in [2.45, 2.75) is 17.2 Å². The molecule has 2 aromatic rings. The lowest BCUT2D eigenvalue weighted by Crippen LogP contribution is -2.04. The molecule has 0 atom stereocenters. The molecule has 0 aliphatic heterocycles. The number of rotatable bonds is 3. The molecule has 2 heterocycles. The Bertz CT molecular complexity index is 568. The zero-order valence-electron chi connectivity index (χ0n) is 8.88. The minimum absolute atomic E-state index is 0.0192. The molecule has 0 aliphatic carbocycles. The second kappa shape index (κ2) is 4.46. The van der Waals surface area contributed by atoms with E-state index in [0.717, 1.165) is 17.5 Å². The Morgan fingerprint density at radius 1 is 1.59 bits per heavy atom. The highest BCUT2D eigenvalue weighted by Crippen LogP contribution is 2.31. The Labute approximate surface area is 101 Å². The van der Waals surface area contributed by atoms with E-state index in [1.54, 1.807) is 6.92 Å². The number of pyridine rings is 1. The van der Waals surface area contributed by atoms with Crippen molar-refractivity contribution in [2.75, 3.05) is 5.73 Å². The summed E-state index contributed by atoms with van der Waals surface area (Å²) in [5.74, 6) is -1.09. The van der Waals surface area contributed by atoms with Crippen molar-refractivity contribution in [2.24, 2.45) is 0 Å². The third-order valence-corrected chi connectivity index (χ3v) is 2.85. The molecule has 0 saturated heterocycles. The van der Waals surface area contributed by atoms with Gasteiger partial charge in [-0.05, 0) is 24.8 Å². The molecule has 6 nitrogen and oxygen atoms in total. The van der Waals surface area contributed by atoms with Crippen LogP contribution in [-0.2, 0) is 0 Å². The van der Waals surface area contributed by atoms with Crippen LogP contribution in [0.1, 0.15) is 16.1 Å². The number of nitrogen functional groups attached to an aromatic ring is 1. The quantitative estimate of drug-likeness (QED) is 0.857. The number of carboxylic acids is 1. The monoisotopic (exact) mass is 251 g/mol. The van der Waals surface area contributed by atoms with E-state index in [1.807, 2.05) is 0 Å². The summed E-state index contributed by atoms with van der Waals surface area (Å²) < 4.78 is 5.13. The lowest BCUT2D eigenvalue weighted by Gasteiger charge is -2.04. The van der Waals surface area contributed by atoms with E-state index in [1.165, 1.54) is 18.5 Å². The fraction of sp³-hybridized carbons (Fsp3) is 0.100. The van der Waals surface area contributed by atoms with E-state index in [0.29, 0.717) is 10.2 Å². The first-order valence-electron chi connectivity index (χ1n) is 4.65. The van der Waals surface area contributed by atoms with Crippen LogP contribution in [0.3, 0.4) is 0 Å². The van der Waals surface area contributed by atoms with Gasteiger partial charge in [0.2, 0.25) is 0 Å². The molecule has 7 heteroatoms. The van der Waals surface area contributed by atoms with Crippen molar-refractivity contribution in [3.8, 4) is 0 Å². The van der Waals surface area contributed by atoms with Crippen molar-refractivity contribution >= 4 is 23.4 Å². The average molecular weight is 251 g/mol. The summed E-state index contributed by atoms with van der Waals surface area (Å²) in [5.41, 5.74) is 6.57. The summed E-state index contributed by atoms with van der Waals surface area (Å²) >= 11 is 1.09. The summed E-state index contributed by atoms with van der Waals surface area (Å²) in [5, 5.41) is 9.65. The highest BCUT2D eigenvalue weighted by molar-refractivity contribution is 7.99. The van der Waals surface area contributed by atoms with Gasteiger partial charge in [-0.3, -0.25) is 0 Å². The fourth-order valence-electron chi connectivity index (χ4n) is 1.18. The molecule has 0 spiro atoms. The standard InChI is InChI=1S/C10H9N3O3S/c1-5-4-16-10(13-5)17-8-7(11)6(9(14)15)2-3-12-8/h2-4H,11H2,1H3,(H,14,15). The van der Waals surface area contributed by atoms with E-state index >= 15 is 0 Å². The fourth-order valence-corrected chi connectivity index (χ4v) is 1.97. The van der Waals surface area contributed by atoms with Crippen LogP contribution in [0.4, 0.5) is 5.69 Å². The van der Waals surface area contributed by atoms with Gasteiger partial charge >= 0.3 is 5.97 Å². The molecule has 3 N–H and O–H groups in total. The van der Waals surface area contributed by atoms with Gasteiger partial charge < -0.3 is 15.3 Å². The first kappa shape index (κ1) is 11.5. The Hall–Kier alpha value is -2.02. The number of aryl methyl sites for hydroxylation is 1. The summed E-state index contributed by atoms with van der Waals surface area (Å²) in [4.78, 5) is 18.9. The SMILES string of the molecule is Cc1coc(Sc2nccc(C(=O)O)c2N)n1. The zero-order valence-corrected chi connectivity index (χ0v) is 9.69. The zero-order chi connectivity index (χ0) is 12.4. The number of aromatic nitrogens is 2. The van der Waals surface area contributed by atoms with Gasteiger partial charge in [0, 0.05) is 6.20 Å². The second-order valence-corrected chi connectivity index (χ2v) is 4.18. The number of nitrogens with zero attached hydrogens (tertiary/aromatic N) is 2. The van der Waals surface area contributed by atoms with Crippen LogP contribution in [0, 0.1) is 6.92 Å². The molecule has 0 saturated carbocycles. The van der Waals surface area contributed by atoms with Gasteiger partial charge in [-0.1, -0.05) is 0 Å². The highest BCUT2D eigenvalue weighted by Gasteiger charge is 2.14. The first-order chi connectivity index (χ1) is 8.08. The van der Waals surface area contributed by atoms with Gasteiger partial charge in [0.15, 0.2) is 0 Å². The van der Waals surface area contributed by atoms with Crippen LogP contribution in [0.5, 0.6) is 0 Å². The predicted octanol–water partition coefficient (Wildman–Crippen LogP) is 1.81. The van der Waals surface area contributed by atoms with Gasteiger partial charge in [0.05, 0.1) is 16.9 Å². The number of carbonyl (C=O) groups is 1. The second-order valence-electron chi connectivity index (χ2n) is 3.24. The van der Waals surface area contributed by atoms with E-state index < -0.39 is 5.97 Å². The molecule has 0 amide bonds. The van der Waals surface area contributed by atoms with Crippen molar-refractivity contribution < 1.29 is 14.3 Å². The van der Waals surface area contributed by atoms with Crippen molar-refractivity contribution in [3.63, 3.8) is 0 Å². The molecule has 0 unspecified atom stereocenters. The lowest BCUT2D eigenvalue weighted by atomic mass is 10.2. The molecular weight excluding hydrogens is 242 g/mol. The number of hydrogen-bond donors (Lipinski definition) is 2. The van der Waals surface area contributed by atoms with Gasteiger partial charge in [-0.15, -0.1) is 0 Å². The molecule has 88 valence electrons. The minimum atomic E-state index is -1.09. The third kappa shape index (κ3) is 2.39. The van der Waals surface area contributed by atoms with Gasteiger partial charge in [-0.2, -0.15) is 0 Å². The molecule has 2 aromatic heterocycles. The third-order valence-electron chi connectivity index (χ3n) is 1.97. The van der Waals surface area contributed by atoms with Crippen molar-refractivity contribution in [3.05, 3.63) is 29.8 Å². The normalized spacial score (nSPS) is 10.4. The summed E-state index contributed by atoms with van der Waals surface area (Å²) in [6, 6.07) is 1.35. The number of oxazole rings is 1. The molecule has 0 bridgehead atoms. The number of nitrogens with two attached hydrogens (primary N) is 1. The van der Waals surface area contributed by atoms with Crippen LogP contribution in [0.2, 0.25) is 0 Å². The summed E-state index contributed by atoms with van der Waals surface area (Å²) in [6.07, 6.45) is 2.89. The largest absolute Gasteiger partial charge is 0.478 e. The van der Waals surface area contributed by atoms with Crippen LogP contribution < -0.4 is 5.73 Å². The molecule has 0 aromatic carbocycles. The van der Waals surface area contributed by atoms with Gasteiger partial charge in [0.25, 0.3) is 5.22 Å². The number of anilines is 1. The molecule has 17 heavy (non-hydrogen) atoms. The lowest BCUT2D eigenvalue weighted by molar-refractivity contribution is 0.0697. The number of carboxylic acid groups (broad SMARTS) is 1. The van der Waals surface area contributed by atoms with Crippen molar-refractivity contribution in [1.82, 2.24) is 9.97 Å². The Kier molecular flexibility index (Phi) is 3.01. The molecule has 2 rings (SSSR count). The molecule has 0 aliphatic rings. The van der Waals surface area contributed by atoms with E-state index in [2.05, 4.69) is 9.97 Å². The topological polar surface area (TPSA) is 102 Å². The van der Waals surface area contributed by atoms with Crippen LogP contribution in [-0.4, -0.2) is 21.0 Å². The maximum Gasteiger partial charge on any atom is 0.337 e. The maximum absolute atomic E-state index is 10.9. The Morgan fingerprint density at radius 2 is 2.35 bits per heavy atom. The Morgan fingerprint density at radius 3 is 2.94 bits per heavy atom. The Balaban J connectivity index is 2.33. The predicted molar refractivity (Wildman–Crippen MR) is 61.0 cm³/mol. The first-order valence-corrected chi connectivity index (χ1v) is 5.47. The molecule has 0 fully saturated rings. The summed E-state index contributed by atoms with van der Waals surface area (Å²) in [7, 11) is 0. The average Bonchev–Trinajstić information content (AvgIpc) is 2.67. The number of hydrogen-bond acceptors (Lipinski definition) is 6. The van der Waals surface area contributed by atoms with Crippen LogP contribution >= 0.6 is 11.8 Å². The molecular formula is C10H9N3O3S. The van der Waals surface area contributed by atoms with Crippen LogP contribution in [0.15, 0.2) is 33.2 Å². The summed E-state index contributed by atoms with van der Waals surface area (Å²) in [6.45, 7) is 1.79.